The Labute approximate surface area is 177 Å². The molecule has 2 aromatic carbocycles. The van der Waals surface area contributed by atoms with E-state index in [4.69, 9.17) is 21.1 Å². The fraction of sp³-hybridized carbons (Fsp3) is 0.435. The Hall–Kier alpha value is -2.08. The van der Waals surface area contributed by atoms with Crippen molar-refractivity contribution < 1.29 is 19.4 Å². The summed E-state index contributed by atoms with van der Waals surface area (Å²) in [6, 6.07) is 13.7. The number of carbonyl (C=O) groups excluding carboxylic acids is 1. The maximum absolute atomic E-state index is 11.5. The molecule has 0 aromatic heterocycles. The van der Waals surface area contributed by atoms with Gasteiger partial charge in [0.25, 0.3) is 0 Å². The molecule has 1 aliphatic rings. The minimum absolute atomic E-state index is 0.0816. The van der Waals surface area contributed by atoms with Crippen LogP contribution >= 0.6 is 11.6 Å². The van der Waals surface area contributed by atoms with Gasteiger partial charge in [0.05, 0.1) is 12.7 Å². The van der Waals surface area contributed by atoms with Crippen LogP contribution in [0.5, 0.6) is 5.75 Å². The molecule has 2 aromatic rings. The van der Waals surface area contributed by atoms with Gasteiger partial charge in [-0.2, -0.15) is 0 Å². The van der Waals surface area contributed by atoms with Crippen molar-refractivity contribution in [3.05, 3.63) is 64.2 Å². The molecule has 29 heavy (non-hydrogen) atoms. The van der Waals surface area contributed by atoms with Crippen molar-refractivity contribution in [1.82, 2.24) is 4.90 Å². The number of esters is 1. The first-order valence-electron chi connectivity index (χ1n) is 10.00. The van der Waals surface area contributed by atoms with Crippen LogP contribution in [0.15, 0.2) is 42.5 Å². The lowest BCUT2D eigenvalue weighted by atomic mass is 9.87. The molecule has 6 heteroatoms. The van der Waals surface area contributed by atoms with Crippen LogP contribution in [0.25, 0.3) is 0 Å². The van der Waals surface area contributed by atoms with E-state index in [1.165, 1.54) is 11.1 Å². The van der Waals surface area contributed by atoms with Gasteiger partial charge >= 0.3 is 5.97 Å². The van der Waals surface area contributed by atoms with Crippen LogP contribution < -0.4 is 4.74 Å². The van der Waals surface area contributed by atoms with Gasteiger partial charge < -0.3 is 19.5 Å². The van der Waals surface area contributed by atoms with E-state index >= 15 is 0 Å². The lowest BCUT2D eigenvalue weighted by molar-refractivity contribution is -0.145. The number of hydrogen-bond donors (Lipinski definition) is 1. The third-order valence-electron chi connectivity index (χ3n) is 5.36. The van der Waals surface area contributed by atoms with Gasteiger partial charge in [-0.05, 0) is 74.2 Å². The minimum Gasteiger partial charge on any atom is -0.482 e. The Morgan fingerprint density at radius 1 is 1.28 bits per heavy atom. The average molecular weight is 418 g/mol. The van der Waals surface area contributed by atoms with E-state index in [1.807, 2.05) is 37.4 Å². The van der Waals surface area contributed by atoms with Crippen molar-refractivity contribution in [2.24, 2.45) is 0 Å². The SMILES string of the molecule is CCOC(=O)COc1ccc2c(c1)C[C@@H](N(C)C[C@H](O)c1cccc(Cl)c1)CC2. The Morgan fingerprint density at radius 3 is 2.86 bits per heavy atom. The summed E-state index contributed by atoms with van der Waals surface area (Å²) in [7, 11) is 2.05. The molecule has 0 unspecified atom stereocenters. The van der Waals surface area contributed by atoms with Crippen LogP contribution in [0.3, 0.4) is 0 Å². The molecule has 5 nitrogen and oxygen atoms in total. The number of ether oxygens (including phenoxy) is 2. The molecule has 156 valence electrons. The molecule has 2 atom stereocenters. The number of likely N-dealkylation sites (N-methyl/N-ethyl adjacent to an activating group) is 1. The summed E-state index contributed by atoms with van der Waals surface area (Å²) in [5, 5.41) is 11.2. The number of aliphatic hydroxyl groups is 1. The van der Waals surface area contributed by atoms with Gasteiger partial charge in [-0.1, -0.05) is 29.8 Å². The van der Waals surface area contributed by atoms with E-state index < -0.39 is 6.10 Å². The van der Waals surface area contributed by atoms with Crippen LogP contribution in [0.1, 0.15) is 36.1 Å². The Balaban J connectivity index is 1.60. The van der Waals surface area contributed by atoms with Gasteiger partial charge in [-0.25, -0.2) is 4.79 Å². The maximum Gasteiger partial charge on any atom is 0.344 e. The summed E-state index contributed by atoms with van der Waals surface area (Å²) in [6.45, 7) is 2.58. The number of hydrogen-bond acceptors (Lipinski definition) is 5. The van der Waals surface area contributed by atoms with Crippen molar-refractivity contribution >= 4 is 17.6 Å². The second kappa shape index (κ2) is 10.1. The standard InChI is InChI=1S/C23H28ClNO4/c1-3-28-23(27)15-29-21-10-8-16-7-9-20(12-18(16)13-21)25(2)14-22(26)17-5-4-6-19(24)11-17/h4-6,8,10-11,13,20,22,26H,3,7,9,12,14-15H2,1-2H3/t20-,22-/m0/s1. The molecule has 0 saturated carbocycles. The lowest BCUT2D eigenvalue weighted by Crippen LogP contribution is -2.38. The molecule has 0 bridgehead atoms. The highest BCUT2D eigenvalue weighted by molar-refractivity contribution is 6.30. The van der Waals surface area contributed by atoms with Gasteiger partial charge in [0.15, 0.2) is 6.61 Å². The highest BCUT2D eigenvalue weighted by atomic mass is 35.5. The number of aliphatic hydroxyl groups excluding tert-OH is 1. The molecular formula is C23H28ClNO4. The summed E-state index contributed by atoms with van der Waals surface area (Å²) in [5.74, 6) is 0.317. The van der Waals surface area contributed by atoms with Crippen LogP contribution in [-0.4, -0.2) is 48.8 Å². The number of halogens is 1. The fourth-order valence-electron chi connectivity index (χ4n) is 3.77. The van der Waals surface area contributed by atoms with Gasteiger partial charge in [0, 0.05) is 17.6 Å². The van der Waals surface area contributed by atoms with Gasteiger partial charge in [0.1, 0.15) is 5.75 Å². The largest absolute Gasteiger partial charge is 0.482 e. The summed E-state index contributed by atoms with van der Waals surface area (Å²) in [5.41, 5.74) is 3.37. The highest BCUT2D eigenvalue weighted by Gasteiger charge is 2.24. The van der Waals surface area contributed by atoms with Gasteiger partial charge in [-0.3, -0.25) is 0 Å². The number of fused-ring (bicyclic) bond motifs is 1. The molecular weight excluding hydrogens is 390 g/mol. The summed E-state index contributed by atoms with van der Waals surface area (Å²) >= 11 is 6.04. The van der Waals surface area contributed by atoms with Crippen molar-refractivity contribution in [1.29, 1.82) is 0 Å². The fourth-order valence-corrected chi connectivity index (χ4v) is 3.96. The predicted octanol–water partition coefficient (Wildman–Crippen LogP) is 3.80. The van der Waals surface area contributed by atoms with Gasteiger partial charge in [-0.15, -0.1) is 0 Å². The van der Waals surface area contributed by atoms with Crippen LogP contribution in [0.2, 0.25) is 5.02 Å². The van der Waals surface area contributed by atoms with Crippen molar-refractivity contribution in [2.75, 3.05) is 26.8 Å². The monoisotopic (exact) mass is 417 g/mol. The van der Waals surface area contributed by atoms with E-state index in [9.17, 15) is 9.90 Å². The number of benzene rings is 2. The summed E-state index contributed by atoms with van der Waals surface area (Å²) < 4.78 is 10.5. The van der Waals surface area contributed by atoms with Crippen molar-refractivity contribution in [3.63, 3.8) is 0 Å². The third kappa shape index (κ3) is 5.95. The second-order valence-corrected chi connectivity index (χ2v) is 7.87. The summed E-state index contributed by atoms with van der Waals surface area (Å²) in [4.78, 5) is 13.7. The average Bonchev–Trinajstić information content (AvgIpc) is 2.71. The number of rotatable bonds is 8. The van der Waals surface area contributed by atoms with Crippen LogP contribution in [0, 0.1) is 0 Å². The Morgan fingerprint density at radius 2 is 2.10 bits per heavy atom. The molecule has 0 saturated heterocycles. The van der Waals surface area contributed by atoms with Crippen molar-refractivity contribution in [3.8, 4) is 5.75 Å². The second-order valence-electron chi connectivity index (χ2n) is 7.43. The molecule has 0 heterocycles. The van der Waals surface area contributed by atoms with Gasteiger partial charge in [0.2, 0.25) is 0 Å². The number of carbonyl (C=O) groups is 1. The van der Waals surface area contributed by atoms with E-state index in [1.54, 1.807) is 13.0 Å². The molecule has 0 spiro atoms. The zero-order chi connectivity index (χ0) is 20.8. The predicted molar refractivity (Wildman–Crippen MR) is 113 cm³/mol. The van der Waals surface area contributed by atoms with E-state index in [0.717, 1.165) is 24.8 Å². The number of nitrogens with zero attached hydrogens (tertiary/aromatic N) is 1. The topological polar surface area (TPSA) is 59.0 Å². The maximum atomic E-state index is 11.5. The molecule has 0 aliphatic heterocycles. The molecule has 1 aliphatic carbocycles. The molecule has 0 fully saturated rings. The first kappa shape index (κ1) is 21.6. The lowest BCUT2D eigenvalue weighted by Gasteiger charge is -2.34. The quantitative estimate of drug-likeness (QED) is 0.662. The zero-order valence-corrected chi connectivity index (χ0v) is 17.7. The molecule has 0 amide bonds. The van der Waals surface area contributed by atoms with Crippen LogP contribution in [0.4, 0.5) is 0 Å². The number of aryl methyl sites for hydroxylation is 1. The van der Waals surface area contributed by atoms with E-state index in [2.05, 4.69) is 11.0 Å². The molecule has 0 radical (unpaired) electrons. The Kier molecular flexibility index (Phi) is 7.53. The zero-order valence-electron chi connectivity index (χ0n) is 16.9. The normalized spacial score (nSPS) is 16.9. The molecule has 1 N–H and O–H groups in total. The first-order valence-corrected chi connectivity index (χ1v) is 10.4. The molecule has 3 rings (SSSR count). The smallest absolute Gasteiger partial charge is 0.344 e. The minimum atomic E-state index is -0.584. The van der Waals surface area contributed by atoms with E-state index in [-0.39, 0.29) is 12.6 Å². The first-order chi connectivity index (χ1) is 14.0. The highest BCUT2D eigenvalue weighted by Crippen LogP contribution is 2.29. The summed E-state index contributed by atoms with van der Waals surface area (Å²) in [6.07, 6.45) is 2.31. The van der Waals surface area contributed by atoms with Crippen LogP contribution in [-0.2, 0) is 22.4 Å². The Bertz CT molecular complexity index is 841. The van der Waals surface area contributed by atoms with Crippen molar-refractivity contribution in [2.45, 2.75) is 38.3 Å². The van der Waals surface area contributed by atoms with E-state index in [0.29, 0.717) is 30.0 Å². The third-order valence-corrected chi connectivity index (χ3v) is 5.59.